The lowest BCUT2D eigenvalue weighted by Gasteiger charge is -2.01. The fourth-order valence-electron chi connectivity index (χ4n) is 1.73. The van der Waals surface area contributed by atoms with Crippen LogP contribution >= 0.6 is 22.7 Å². The van der Waals surface area contributed by atoms with Crippen LogP contribution < -0.4 is 15.4 Å². The van der Waals surface area contributed by atoms with Crippen molar-refractivity contribution in [3.63, 3.8) is 0 Å². The lowest BCUT2D eigenvalue weighted by molar-refractivity contribution is 0.262. The van der Waals surface area contributed by atoms with Crippen LogP contribution in [0, 0.1) is 0 Å². The van der Waals surface area contributed by atoms with Crippen molar-refractivity contribution < 1.29 is 9.53 Å². The van der Waals surface area contributed by atoms with E-state index in [0.29, 0.717) is 10.9 Å². The van der Waals surface area contributed by atoms with Crippen LogP contribution in [0.25, 0.3) is 10.2 Å². The molecule has 2 N–H and O–H groups in total. The normalized spacial score (nSPS) is 10.4. The van der Waals surface area contributed by atoms with Gasteiger partial charge in [0.05, 0.1) is 16.8 Å². The van der Waals surface area contributed by atoms with E-state index < -0.39 is 0 Å². The summed E-state index contributed by atoms with van der Waals surface area (Å²) in [5.74, 6) is 0.700. The van der Waals surface area contributed by atoms with Gasteiger partial charge in [-0.25, -0.2) is 9.78 Å². The number of thiophene rings is 1. The van der Waals surface area contributed by atoms with E-state index >= 15 is 0 Å². The quantitative estimate of drug-likeness (QED) is 0.768. The summed E-state index contributed by atoms with van der Waals surface area (Å²) in [5.41, 5.74) is 0.756. The maximum atomic E-state index is 11.8. The van der Waals surface area contributed by atoms with Crippen LogP contribution in [0.3, 0.4) is 0 Å². The van der Waals surface area contributed by atoms with Gasteiger partial charge < -0.3 is 4.74 Å². The van der Waals surface area contributed by atoms with Gasteiger partial charge in [0.2, 0.25) is 0 Å². The Hall–Kier alpha value is -2.12. The van der Waals surface area contributed by atoms with E-state index in [1.807, 2.05) is 35.7 Å². The van der Waals surface area contributed by atoms with E-state index in [9.17, 15) is 4.79 Å². The monoisotopic (exact) mass is 305 g/mol. The Kier molecular flexibility index (Phi) is 3.53. The van der Waals surface area contributed by atoms with Gasteiger partial charge in [-0.05, 0) is 29.6 Å². The maximum absolute atomic E-state index is 11.8. The molecule has 0 saturated heterocycles. The number of rotatable bonds is 3. The molecule has 3 rings (SSSR count). The highest BCUT2D eigenvalue weighted by Gasteiger charge is 2.11. The van der Waals surface area contributed by atoms with Crippen LogP contribution in [0.15, 0.2) is 35.7 Å². The van der Waals surface area contributed by atoms with Crippen LogP contribution in [0.5, 0.6) is 5.75 Å². The van der Waals surface area contributed by atoms with Crippen LogP contribution in [0.2, 0.25) is 0 Å². The number of ether oxygens (including phenoxy) is 1. The molecule has 2 amide bonds. The Morgan fingerprint density at radius 1 is 1.25 bits per heavy atom. The zero-order valence-electron chi connectivity index (χ0n) is 10.5. The zero-order valence-corrected chi connectivity index (χ0v) is 12.2. The second-order valence-corrected chi connectivity index (χ2v) is 5.86. The van der Waals surface area contributed by atoms with E-state index in [1.54, 1.807) is 7.11 Å². The van der Waals surface area contributed by atoms with Gasteiger partial charge in [0.15, 0.2) is 5.13 Å². The van der Waals surface area contributed by atoms with Gasteiger partial charge in [-0.3, -0.25) is 10.6 Å². The van der Waals surface area contributed by atoms with Crippen molar-refractivity contribution in [3.05, 3.63) is 35.7 Å². The molecule has 2 heterocycles. The molecule has 0 aliphatic rings. The molecule has 20 heavy (non-hydrogen) atoms. The van der Waals surface area contributed by atoms with Crippen LogP contribution in [0.4, 0.5) is 14.9 Å². The molecule has 0 aliphatic carbocycles. The summed E-state index contributed by atoms with van der Waals surface area (Å²) in [5, 5.41) is 8.71. The highest BCUT2D eigenvalue weighted by atomic mass is 32.1. The molecule has 1 aromatic carbocycles. The minimum Gasteiger partial charge on any atom is -0.494 e. The first-order valence-electron chi connectivity index (χ1n) is 5.81. The molecule has 3 aromatic rings. The number of hydrogen-bond acceptors (Lipinski definition) is 5. The Bertz CT molecular complexity index is 737. The average molecular weight is 305 g/mol. The third-order valence-electron chi connectivity index (χ3n) is 2.58. The number of carbonyl (C=O) groups excluding carboxylic acids is 1. The van der Waals surface area contributed by atoms with E-state index in [4.69, 9.17) is 4.74 Å². The Labute approximate surface area is 123 Å². The topological polar surface area (TPSA) is 63.2 Å². The number of hydrogen-bond donors (Lipinski definition) is 2. The first kappa shape index (κ1) is 12.9. The fraction of sp³-hybridized carbons (Fsp3) is 0.0769. The molecule has 7 heteroatoms. The van der Waals surface area contributed by atoms with Crippen molar-refractivity contribution in [2.24, 2.45) is 0 Å². The number of carbonyl (C=O) groups is 1. The molecule has 0 unspecified atom stereocenters. The molecule has 102 valence electrons. The highest BCUT2D eigenvalue weighted by molar-refractivity contribution is 7.22. The standard InChI is InChI=1S/C13H11N3O2S2/c1-18-8-4-2-5-9-11(8)15-13(20-9)16-12(17)14-10-6-3-7-19-10/h2-7H,1H3,(H2,14,15,16,17). The van der Waals surface area contributed by atoms with E-state index in [-0.39, 0.29) is 6.03 Å². The minimum atomic E-state index is -0.300. The first-order valence-corrected chi connectivity index (χ1v) is 7.51. The second kappa shape index (κ2) is 5.48. The molecule has 0 atom stereocenters. The van der Waals surface area contributed by atoms with Crippen molar-refractivity contribution in [2.75, 3.05) is 17.7 Å². The number of methoxy groups -OCH3 is 1. The van der Waals surface area contributed by atoms with Crippen LogP contribution in [-0.4, -0.2) is 18.1 Å². The molecule has 0 spiro atoms. The molecule has 0 aliphatic heterocycles. The highest BCUT2D eigenvalue weighted by Crippen LogP contribution is 2.32. The first-order chi connectivity index (χ1) is 9.76. The second-order valence-electron chi connectivity index (χ2n) is 3.88. The number of nitrogens with zero attached hydrogens (tertiary/aromatic N) is 1. The largest absolute Gasteiger partial charge is 0.494 e. The smallest absolute Gasteiger partial charge is 0.326 e. The maximum Gasteiger partial charge on any atom is 0.326 e. The summed E-state index contributed by atoms with van der Waals surface area (Å²) >= 11 is 2.87. The number of anilines is 2. The van der Waals surface area contributed by atoms with E-state index in [0.717, 1.165) is 15.2 Å². The van der Waals surface area contributed by atoms with E-state index in [1.165, 1.54) is 22.7 Å². The number of fused-ring (bicyclic) bond motifs is 1. The van der Waals surface area contributed by atoms with Crippen molar-refractivity contribution in [1.29, 1.82) is 0 Å². The zero-order chi connectivity index (χ0) is 13.9. The lowest BCUT2D eigenvalue weighted by Crippen LogP contribution is -2.18. The average Bonchev–Trinajstić information content (AvgIpc) is 3.06. The number of para-hydroxylation sites is 1. The Balaban J connectivity index is 1.79. The summed E-state index contributed by atoms with van der Waals surface area (Å²) in [6.07, 6.45) is 0. The van der Waals surface area contributed by atoms with Gasteiger partial charge in [0.25, 0.3) is 0 Å². The van der Waals surface area contributed by atoms with Crippen molar-refractivity contribution >= 4 is 49.1 Å². The van der Waals surface area contributed by atoms with Crippen molar-refractivity contribution in [1.82, 2.24) is 4.98 Å². The van der Waals surface area contributed by atoms with Crippen molar-refractivity contribution in [3.8, 4) is 5.75 Å². The summed E-state index contributed by atoms with van der Waals surface area (Å²) in [6.45, 7) is 0. The molecule has 0 fully saturated rings. The molecule has 0 saturated carbocycles. The van der Waals surface area contributed by atoms with Gasteiger partial charge in [-0.15, -0.1) is 11.3 Å². The molecular weight excluding hydrogens is 294 g/mol. The molecule has 0 radical (unpaired) electrons. The Morgan fingerprint density at radius 2 is 2.15 bits per heavy atom. The van der Waals surface area contributed by atoms with Crippen LogP contribution in [-0.2, 0) is 0 Å². The predicted octanol–water partition coefficient (Wildman–Crippen LogP) is 4.01. The van der Waals surface area contributed by atoms with Crippen LogP contribution in [0.1, 0.15) is 0 Å². The van der Waals surface area contributed by atoms with Gasteiger partial charge in [-0.1, -0.05) is 17.4 Å². The van der Waals surface area contributed by atoms with Crippen molar-refractivity contribution in [2.45, 2.75) is 0 Å². The molecular formula is C13H11N3O2S2. The molecule has 0 bridgehead atoms. The van der Waals surface area contributed by atoms with Gasteiger partial charge in [0.1, 0.15) is 11.3 Å². The number of amides is 2. The summed E-state index contributed by atoms with van der Waals surface area (Å²) in [4.78, 5) is 16.2. The number of aromatic nitrogens is 1. The predicted molar refractivity (Wildman–Crippen MR) is 83.1 cm³/mol. The summed E-state index contributed by atoms with van der Waals surface area (Å²) in [7, 11) is 1.60. The van der Waals surface area contributed by atoms with Gasteiger partial charge >= 0.3 is 6.03 Å². The van der Waals surface area contributed by atoms with E-state index in [2.05, 4.69) is 15.6 Å². The summed E-state index contributed by atoms with van der Waals surface area (Å²) < 4.78 is 6.22. The van der Waals surface area contributed by atoms with Gasteiger partial charge in [-0.2, -0.15) is 0 Å². The number of urea groups is 1. The third-order valence-corrected chi connectivity index (χ3v) is 4.30. The van der Waals surface area contributed by atoms with Gasteiger partial charge in [0, 0.05) is 0 Å². The molecule has 2 aromatic heterocycles. The Morgan fingerprint density at radius 3 is 2.90 bits per heavy atom. The summed E-state index contributed by atoms with van der Waals surface area (Å²) in [6, 6.07) is 9.10. The molecule has 5 nitrogen and oxygen atoms in total. The number of nitrogens with one attached hydrogen (secondary N) is 2. The minimum absolute atomic E-state index is 0.300. The fourth-order valence-corrected chi connectivity index (χ4v) is 3.22. The number of thiazole rings is 1. The SMILES string of the molecule is COc1cccc2sc(NC(=O)Nc3cccs3)nc12. The third kappa shape index (κ3) is 2.59. The lowest BCUT2D eigenvalue weighted by atomic mass is 10.3. The number of benzene rings is 1.